The average molecular weight is 414 g/mol. The van der Waals surface area contributed by atoms with Crippen molar-refractivity contribution in [2.75, 3.05) is 10.8 Å². The smallest absolute Gasteiger partial charge is 0.281 e. The van der Waals surface area contributed by atoms with Gasteiger partial charge in [-0.2, -0.15) is 8.42 Å². The number of aromatic nitrogens is 1. The molecule has 0 radical (unpaired) electrons. The summed E-state index contributed by atoms with van der Waals surface area (Å²) in [5.41, 5.74) is 4.06. The van der Waals surface area contributed by atoms with E-state index < -0.39 is 32.4 Å². The van der Waals surface area contributed by atoms with Gasteiger partial charge in [0.15, 0.2) is 5.03 Å². The summed E-state index contributed by atoms with van der Waals surface area (Å²) in [6.45, 7) is -0.250. The number of nitrogens with zero attached hydrogens (tertiary/aromatic N) is 2. The number of pyridine rings is 1. The molecule has 7 nitrogen and oxygen atoms in total. The van der Waals surface area contributed by atoms with Gasteiger partial charge in [0.25, 0.3) is 10.0 Å². The van der Waals surface area contributed by atoms with Gasteiger partial charge in [-0.25, -0.2) is 9.37 Å². The Morgan fingerprint density at radius 2 is 2.04 bits per heavy atom. The molecule has 1 aromatic carbocycles. The number of nitrogens with two attached hydrogens (primary N) is 1. The lowest BCUT2D eigenvalue weighted by molar-refractivity contribution is -0.0229. The zero-order chi connectivity index (χ0) is 19.8. The van der Waals surface area contributed by atoms with Crippen molar-refractivity contribution in [3.05, 3.63) is 52.9 Å². The second kappa shape index (κ2) is 7.06. The molecule has 1 amide bonds. The van der Waals surface area contributed by atoms with E-state index in [4.69, 9.17) is 17.3 Å². The van der Waals surface area contributed by atoms with Crippen LogP contribution in [-0.2, 0) is 10.0 Å². The molecule has 3 N–H and O–H groups in total. The van der Waals surface area contributed by atoms with Crippen LogP contribution in [0.25, 0.3) is 0 Å². The summed E-state index contributed by atoms with van der Waals surface area (Å²) < 4.78 is 40.8. The Bertz CT molecular complexity index is 995. The van der Waals surface area contributed by atoms with Gasteiger partial charge in [-0.15, -0.1) is 0 Å². The predicted molar refractivity (Wildman–Crippen MR) is 97.5 cm³/mol. The number of aliphatic hydroxyl groups is 1. The third kappa shape index (κ3) is 3.90. The van der Waals surface area contributed by atoms with Gasteiger partial charge in [0.2, 0.25) is 5.91 Å². The maximum atomic E-state index is 13.5. The number of rotatable bonds is 6. The molecule has 0 unspecified atom stereocenters. The van der Waals surface area contributed by atoms with Crippen LogP contribution in [0.1, 0.15) is 29.6 Å². The number of hydrogen-bond donors (Lipinski definition) is 2. The van der Waals surface area contributed by atoms with E-state index in [1.807, 2.05) is 0 Å². The van der Waals surface area contributed by atoms with Crippen molar-refractivity contribution in [3.63, 3.8) is 0 Å². The monoisotopic (exact) mass is 413 g/mol. The van der Waals surface area contributed by atoms with Gasteiger partial charge in [-0.1, -0.05) is 11.6 Å². The fraction of sp³-hybridized carbons (Fsp3) is 0.294. The van der Waals surface area contributed by atoms with Crippen molar-refractivity contribution < 1.29 is 22.7 Å². The standard InChI is InChI=1S/C17H17ClFN3O4S/c18-13-9-12(2-3-14(13)19)22(10-17(24)5-1-6-17)27(25,26)15-8-11(16(20)23)4-7-21-15/h2-4,7-9,24H,1,5-6,10H2,(H2,20,23). The highest BCUT2D eigenvalue weighted by Gasteiger charge is 2.40. The van der Waals surface area contributed by atoms with Crippen LogP contribution in [0.5, 0.6) is 0 Å². The molecular weight excluding hydrogens is 397 g/mol. The Hall–Kier alpha value is -2.23. The summed E-state index contributed by atoms with van der Waals surface area (Å²) >= 11 is 5.80. The molecule has 0 aliphatic heterocycles. The van der Waals surface area contributed by atoms with Crippen molar-refractivity contribution in [2.45, 2.75) is 29.9 Å². The average Bonchev–Trinajstić information content (AvgIpc) is 2.60. The number of anilines is 1. The fourth-order valence-corrected chi connectivity index (χ4v) is 4.45. The highest BCUT2D eigenvalue weighted by atomic mass is 35.5. The van der Waals surface area contributed by atoms with Gasteiger partial charge >= 0.3 is 0 Å². The van der Waals surface area contributed by atoms with Crippen LogP contribution in [0.15, 0.2) is 41.6 Å². The molecule has 10 heteroatoms. The molecular formula is C17H17ClFN3O4S. The molecule has 1 heterocycles. The topological polar surface area (TPSA) is 114 Å². The largest absolute Gasteiger partial charge is 0.388 e. The van der Waals surface area contributed by atoms with Crippen LogP contribution >= 0.6 is 11.6 Å². The third-order valence-electron chi connectivity index (χ3n) is 4.49. The molecule has 3 rings (SSSR count). The van der Waals surface area contributed by atoms with Gasteiger partial charge in [-0.3, -0.25) is 9.10 Å². The Kier molecular flexibility index (Phi) is 5.11. The van der Waals surface area contributed by atoms with Gasteiger partial charge in [0, 0.05) is 11.8 Å². The number of hydrogen-bond acceptors (Lipinski definition) is 5. The summed E-state index contributed by atoms with van der Waals surface area (Å²) in [5.74, 6) is -1.50. The van der Waals surface area contributed by atoms with E-state index in [-0.39, 0.29) is 22.8 Å². The van der Waals surface area contributed by atoms with Crippen LogP contribution < -0.4 is 10.0 Å². The van der Waals surface area contributed by atoms with Gasteiger partial charge in [-0.05, 0) is 49.6 Å². The van der Waals surface area contributed by atoms with Crippen LogP contribution in [0.3, 0.4) is 0 Å². The molecule has 0 spiro atoms. The third-order valence-corrected chi connectivity index (χ3v) is 6.45. The number of carbonyl (C=O) groups excluding carboxylic acids is 1. The molecule has 1 fully saturated rings. The summed E-state index contributed by atoms with van der Waals surface area (Å²) in [7, 11) is -4.28. The van der Waals surface area contributed by atoms with E-state index in [2.05, 4.69) is 4.98 Å². The molecule has 1 saturated carbocycles. The molecule has 144 valence electrons. The maximum absolute atomic E-state index is 13.5. The van der Waals surface area contributed by atoms with E-state index >= 15 is 0 Å². The molecule has 0 saturated heterocycles. The minimum Gasteiger partial charge on any atom is -0.388 e. The van der Waals surface area contributed by atoms with Gasteiger partial charge in [0.05, 0.1) is 22.9 Å². The van der Waals surface area contributed by atoms with Crippen molar-refractivity contribution >= 4 is 33.2 Å². The number of amides is 1. The second-order valence-corrected chi connectivity index (χ2v) is 8.65. The first-order chi connectivity index (χ1) is 12.6. The second-order valence-electron chi connectivity index (χ2n) is 6.43. The Morgan fingerprint density at radius 3 is 2.59 bits per heavy atom. The maximum Gasteiger partial charge on any atom is 0.281 e. The number of primary amides is 1. The summed E-state index contributed by atoms with van der Waals surface area (Å²) in [6, 6.07) is 5.80. The van der Waals surface area contributed by atoms with E-state index in [1.165, 1.54) is 12.1 Å². The first-order valence-corrected chi connectivity index (χ1v) is 9.90. The molecule has 1 aromatic heterocycles. The van der Waals surface area contributed by atoms with E-state index in [0.717, 1.165) is 35.1 Å². The SMILES string of the molecule is NC(=O)c1ccnc(S(=O)(=O)N(CC2(O)CCC2)c2ccc(F)c(Cl)c2)c1. The highest BCUT2D eigenvalue weighted by molar-refractivity contribution is 7.92. The van der Waals surface area contributed by atoms with Crippen molar-refractivity contribution in [1.82, 2.24) is 4.98 Å². The first kappa shape index (κ1) is 19.5. The Morgan fingerprint density at radius 1 is 1.33 bits per heavy atom. The normalized spacial score (nSPS) is 15.8. The molecule has 0 bridgehead atoms. The van der Waals surface area contributed by atoms with Gasteiger partial charge < -0.3 is 10.8 Å². The van der Waals surface area contributed by atoms with Crippen molar-refractivity contribution in [1.29, 1.82) is 0 Å². The van der Waals surface area contributed by atoms with Gasteiger partial charge in [0.1, 0.15) is 5.82 Å². The van der Waals surface area contributed by atoms with Crippen molar-refractivity contribution in [2.24, 2.45) is 5.73 Å². The molecule has 27 heavy (non-hydrogen) atoms. The van der Waals surface area contributed by atoms with Crippen molar-refractivity contribution in [3.8, 4) is 0 Å². The van der Waals surface area contributed by atoms with Crippen LogP contribution in [0.4, 0.5) is 10.1 Å². The lowest BCUT2D eigenvalue weighted by Crippen LogP contribution is -2.50. The predicted octanol–water partition coefficient (Wildman–Crippen LogP) is 2.08. The summed E-state index contributed by atoms with van der Waals surface area (Å²) in [4.78, 5) is 15.2. The van der Waals surface area contributed by atoms with E-state index in [1.54, 1.807) is 0 Å². The number of benzene rings is 1. The zero-order valence-corrected chi connectivity index (χ0v) is 15.7. The van der Waals surface area contributed by atoms with E-state index in [0.29, 0.717) is 12.8 Å². The molecule has 2 aromatic rings. The summed E-state index contributed by atoms with van der Waals surface area (Å²) in [6.07, 6.45) is 2.79. The van der Waals surface area contributed by atoms with Crippen LogP contribution in [0.2, 0.25) is 5.02 Å². The zero-order valence-electron chi connectivity index (χ0n) is 14.1. The van der Waals surface area contributed by atoms with E-state index in [9.17, 15) is 22.7 Å². The molecule has 1 aliphatic rings. The lowest BCUT2D eigenvalue weighted by Gasteiger charge is -2.40. The Balaban J connectivity index is 2.09. The number of halogens is 2. The van der Waals surface area contributed by atoms with Crippen LogP contribution in [0, 0.1) is 5.82 Å². The molecule has 0 atom stereocenters. The lowest BCUT2D eigenvalue weighted by atomic mass is 9.80. The minimum atomic E-state index is -4.28. The quantitative estimate of drug-likeness (QED) is 0.752. The fourth-order valence-electron chi connectivity index (χ4n) is 2.78. The number of carbonyl (C=O) groups is 1. The Labute approximate surface area is 160 Å². The molecule has 1 aliphatic carbocycles. The minimum absolute atomic E-state index is 0.0250. The highest BCUT2D eigenvalue weighted by Crippen LogP contribution is 2.36. The summed E-state index contributed by atoms with van der Waals surface area (Å²) in [5, 5.41) is 9.84. The van der Waals surface area contributed by atoms with Crippen LogP contribution in [-0.4, -0.2) is 36.6 Å². The number of sulfonamides is 1. The first-order valence-electron chi connectivity index (χ1n) is 8.08.